The van der Waals surface area contributed by atoms with Gasteiger partial charge in [0.25, 0.3) is 11.8 Å². The van der Waals surface area contributed by atoms with Crippen molar-refractivity contribution in [2.24, 2.45) is 20.0 Å². The zero-order valence-electron chi connectivity index (χ0n) is 19.1. The quantitative estimate of drug-likeness (QED) is 0.637. The maximum Gasteiger partial charge on any atom is 0.253 e. The van der Waals surface area contributed by atoms with Crippen LogP contribution in [0.4, 0.5) is 0 Å². The van der Waals surface area contributed by atoms with E-state index in [4.69, 9.17) is 0 Å². The monoisotopic (exact) mass is 424 g/mol. The summed E-state index contributed by atoms with van der Waals surface area (Å²) in [7, 11) is 4.05. The summed E-state index contributed by atoms with van der Waals surface area (Å²) in [4.78, 5) is 25.7. The molecule has 6 heteroatoms. The molecule has 2 aromatic rings. The Morgan fingerprint density at radius 1 is 0.871 bits per heavy atom. The number of nitrogens with one attached hydrogen (secondary N) is 2. The molecule has 0 spiro atoms. The minimum atomic E-state index is 0.00241. The minimum Gasteiger partial charge on any atom is -0.353 e. The van der Waals surface area contributed by atoms with Crippen LogP contribution in [0.1, 0.15) is 95.8 Å². The molecule has 0 atom stereocenters. The Balaban J connectivity index is 1.31. The highest BCUT2D eigenvalue weighted by molar-refractivity contribution is 5.96. The van der Waals surface area contributed by atoms with E-state index < -0.39 is 0 Å². The second-order valence-corrected chi connectivity index (χ2v) is 9.40. The van der Waals surface area contributed by atoms with Gasteiger partial charge in [0, 0.05) is 51.0 Å². The lowest BCUT2D eigenvalue weighted by atomic mass is 9.81. The van der Waals surface area contributed by atoms with E-state index in [0.29, 0.717) is 24.9 Å². The van der Waals surface area contributed by atoms with Crippen LogP contribution in [0.25, 0.3) is 0 Å². The maximum atomic E-state index is 12.9. The van der Waals surface area contributed by atoms with Crippen LogP contribution < -0.4 is 10.6 Å². The standard InChI is InChI=1S/C25H36N4O2/c1-4-17(15-26-24(30)20-11-13-28(2)22(20)18-7-5-8-18)16-27-25(31)21-12-14-29(3)23(21)19-9-6-10-19/h11-14,17-19H,4-10,15-16H2,1-3H3,(H,26,30)(H,27,31). The number of rotatable bonds is 9. The highest BCUT2D eigenvalue weighted by Gasteiger charge is 2.28. The van der Waals surface area contributed by atoms with Gasteiger partial charge in [-0.3, -0.25) is 9.59 Å². The summed E-state index contributed by atoms with van der Waals surface area (Å²) >= 11 is 0. The molecule has 31 heavy (non-hydrogen) atoms. The first-order valence-corrected chi connectivity index (χ1v) is 11.9. The van der Waals surface area contributed by atoms with E-state index in [-0.39, 0.29) is 17.7 Å². The molecule has 168 valence electrons. The van der Waals surface area contributed by atoms with Crippen LogP contribution in [0.15, 0.2) is 24.5 Å². The van der Waals surface area contributed by atoms with E-state index >= 15 is 0 Å². The molecule has 2 N–H and O–H groups in total. The third-order valence-electron chi connectivity index (χ3n) is 7.39. The van der Waals surface area contributed by atoms with Crippen molar-refractivity contribution in [3.05, 3.63) is 47.0 Å². The highest BCUT2D eigenvalue weighted by atomic mass is 16.2. The van der Waals surface area contributed by atoms with Crippen LogP contribution in [0.5, 0.6) is 0 Å². The molecular formula is C25H36N4O2. The summed E-state index contributed by atoms with van der Waals surface area (Å²) in [5.41, 5.74) is 3.94. The number of hydrogen-bond donors (Lipinski definition) is 2. The van der Waals surface area contributed by atoms with E-state index in [1.807, 2.05) is 38.6 Å². The van der Waals surface area contributed by atoms with Crippen LogP contribution >= 0.6 is 0 Å². The van der Waals surface area contributed by atoms with Gasteiger partial charge in [-0.25, -0.2) is 0 Å². The third kappa shape index (κ3) is 4.43. The normalized spacial score (nSPS) is 16.8. The minimum absolute atomic E-state index is 0.00241. The Bertz CT molecular complexity index is 859. The number of carbonyl (C=O) groups is 2. The van der Waals surface area contributed by atoms with E-state index in [9.17, 15) is 9.59 Å². The number of amides is 2. The molecule has 0 saturated heterocycles. The average molecular weight is 425 g/mol. The lowest BCUT2D eigenvalue weighted by Crippen LogP contribution is -2.37. The molecule has 0 bridgehead atoms. The Morgan fingerprint density at radius 2 is 1.29 bits per heavy atom. The second-order valence-electron chi connectivity index (χ2n) is 9.40. The van der Waals surface area contributed by atoms with Crippen LogP contribution in [-0.4, -0.2) is 34.0 Å². The number of aryl methyl sites for hydroxylation is 2. The molecule has 2 fully saturated rings. The third-order valence-corrected chi connectivity index (χ3v) is 7.39. The summed E-state index contributed by atoms with van der Waals surface area (Å²) in [5, 5.41) is 6.23. The van der Waals surface area contributed by atoms with Crippen LogP contribution in [0.3, 0.4) is 0 Å². The molecule has 2 aromatic heterocycles. The largest absolute Gasteiger partial charge is 0.353 e. The predicted octanol–water partition coefficient (Wildman–Crippen LogP) is 4.08. The van der Waals surface area contributed by atoms with Crippen LogP contribution in [0, 0.1) is 5.92 Å². The topological polar surface area (TPSA) is 68.1 Å². The first-order chi connectivity index (χ1) is 15.0. The predicted molar refractivity (Wildman–Crippen MR) is 122 cm³/mol. The van der Waals surface area contributed by atoms with E-state index in [1.165, 1.54) is 38.5 Å². The van der Waals surface area contributed by atoms with Gasteiger partial charge in [0.1, 0.15) is 0 Å². The lowest BCUT2D eigenvalue weighted by Gasteiger charge is -2.27. The van der Waals surface area contributed by atoms with Crippen LogP contribution in [-0.2, 0) is 14.1 Å². The highest BCUT2D eigenvalue weighted by Crippen LogP contribution is 2.39. The maximum absolute atomic E-state index is 12.9. The van der Waals surface area contributed by atoms with Crippen molar-refractivity contribution in [1.82, 2.24) is 19.8 Å². The fourth-order valence-electron chi connectivity index (χ4n) is 4.87. The number of aromatic nitrogens is 2. The summed E-state index contributed by atoms with van der Waals surface area (Å²) in [6.45, 7) is 3.24. The summed E-state index contributed by atoms with van der Waals surface area (Å²) < 4.78 is 4.19. The molecule has 2 amide bonds. The first-order valence-electron chi connectivity index (χ1n) is 11.9. The molecule has 0 aromatic carbocycles. The van der Waals surface area contributed by atoms with Crippen molar-refractivity contribution in [2.45, 2.75) is 63.7 Å². The zero-order valence-corrected chi connectivity index (χ0v) is 19.1. The van der Waals surface area contributed by atoms with Gasteiger partial charge in [0.05, 0.1) is 11.1 Å². The smallest absolute Gasteiger partial charge is 0.253 e. The molecule has 2 heterocycles. The molecular weight excluding hydrogens is 388 g/mol. The van der Waals surface area contributed by atoms with Crippen molar-refractivity contribution < 1.29 is 9.59 Å². The Hall–Kier alpha value is -2.50. The molecule has 2 aliphatic rings. The van der Waals surface area contributed by atoms with Crippen molar-refractivity contribution in [3.63, 3.8) is 0 Å². The van der Waals surface area contributed by atoms with Gasteiger partial charge >= 0.3 is 0 Å². The molecule has 6 nitrogen and oxygen atoms in total. The summed E-state index contributed by atoms with van der Waals surface area (Å²) in [6, 6.07) is 3.87. The molecule has 2 aliphatic carbocycles. The average Bonchev–Trinajstić information content (AvgIpc) is 3.23. The number of carbonyl (C=O) groups excluding carboxylic acids is 2. The van der Waals surface area contributed by atoms with E-state index in [0.717, 1.165) is 28.9 Å². The zero-order chi connectivity index (χ0) is 22.0. The summed E-state index contributed by atoms with van der Waals surface area (Å²) in [6.07, 6.45) is 12.0. The molecule has 4 rings (SSSR count). The molecule has 2 saturated carbocycles. The molecule has 0 unspecified atom stereocenters. The van der Waals surface area contributed by atoms with Gasteiger partial charge in [0.2, 0.25) is 0 Å². The van der Waals surface area contributed by atoms with Crippen molar-refractivity contribution in [3.8, 4) is 0 Å². The van der Waals surface area contributed by atoms with Crippen LogP contribution in [0.2, 0.25) is 0 Å². The van der Waals surface area contributed by atoms with Gasteiger partial charge in [0.15, 0.2) is 0 Å². The SMILES string of the molecule is CCC(CNC(=O)c1ccn(C)c1C1CCC1)CNC(=O)c1ccn(C)c1C1CCC1. The second kappa shape index (κ2) is 9.33. The van der Waals surface area contributed by atoms with Gasteiger partial charge < -0.3 is 19.8 Å². The lowest BCUT2D eigenvalue weighted by molar-refractivity contribution is 0.0936. The number of hydrogen-bond acceptors (Lipinski definition) is 2. The Kier molecular flexibility index (Phi) is 6.54. The van der Waals surface area contributed by atoms with Gasteiger partial charge in [-0.05, 0) is 62.0 Å². The van der Waals surface area contributed by atoms with Crippen molar-refractivity contribution in [1.29, 1.82) is 0 Å². The first kappa shape index (κ1) is 21.7. The van der Waals surface area contributed by atoms with Gasteiger partial charge in [-0.2, -0.15) is 0 Å². The molecule has 0 aliphatic heterocycles. The Morgan fingerprint density at radius 3 is 1.61 bits per heavy atom. The van der Waals surface area contributed by atoms with E-state index in [2.05, 4.69) is 26.7 Å². The van der Waals surface area contributed by atoms with Gasteiger partial charge in [-0.15, -0.1) is 0 Å². The van der Waals surface area contributed by atoms with Crippen molar-refractivity contribution >= 4 is 11.8 Å². The van der Waals surface area contributed by atoms with Crippen molar-refractivity contribution in [2.75, 3.05) is 13.1 Å². The fraction of sp³-hybridized carbons (Fsp3) is 0.600. The van der Waals surface area contributed by atoms with E-state index in [1.54, 1.807) is 0 Å². The number of nitrogens with zero attached hydrogens (tertiary/aromatic N) is 2. The summed E-state index contributed by atoms with van der Waals surface area (Å²) in [5.74, 6) is 1.24. The Labute approximate surface area is 185 Å². The van der Waals surface area contributed by atoms with Gasteiger partial charge in [-0.1, -0.05) is 19.8 Å². The molecule has 0 radical (unpaired) electrons. The fourth-order valence-corrected chi connectivity index (χ4v) is 4.87.